The smallest absolute Gasteiger partial charge is 0.354 e. The van der Waals surface area contributed by atoms with Gasteiger partial charge in [0.2, 0.25) is 6.23 Å². The van der Waals surface area contributed by atoms with Crippen LogP contribution in [0.4, 0.5) is 5.69 Å². The van der Waals surface area contributed by atoms with E-state index in [4.69, 9.17) is 21.1 Å². The van der Waals surface area contributed by atoms with E-state index in [0.29, 0.717) is 17.0 Å². The molecule has 128 valence electrons. The molecule has 0 aromatic heterocycles. The first kappa shape index (κ1) is 16.9. The van der Waals surface area contributed by atoms with Crippen LogP contribution in [0.5, 0.6) is 5.75 Å². The third-order valence-corrected chi connectivity index (χ3v) is 3.94. The third kappa shape index (κ3) is 3.59. The van der Waals surface area contributed by atoms with E-state index in [1.807, 2.05) is 6.07 Å². The third-order valence-electron chi connectivity index (χ3n) is 3.58. The predicted molar refractivity (Wildman–Crippen MR) is 93.3 cm³/mol. The van der Waals surface area contributed by atoms with Crippen LogP contribution in [0.3, 0.4) is 0 Å². The lowest BCUT2D eigenvalue weighted by atomic mass is 10.2. The van der Waals surface area contributed by atoms with Gasteiger partial charge in [0.05, 0.1) is 12.8 Å². The molecule has 1 aliphatic heterocycles. The summed E-state index contributed by atoms with van der Waals surface area (Å²) in [6.07, 6.45) is -1.02. The molecule has 6 nitrogen and oxygen atoms in total. The Morgan fingerprint density at radius 3 is 2.52 bits per heavy atom. The molecular formula is C18H15ClN2O4. The van der Waals surface area contributed by atoms with Gasteiger partial charge in [0, 0.05) is 5.56 Å². The van der Waals surface area contributed by atoms with Gasteiger partial charge in [-0.1, -0.05) is 41.9 Å². The first-order valence-electron chi connectivity index (χ1n) is 7.46. The molecule has 1 atom stereocenters. The molecule has 0 aliphatic carbocycles. The zero-order valence-corrected chi connectivity index (χ0v) is 14.0. The number of methoxy groups -OCH3 is 1. The van der Waals surface area contributed by atoms with Crippen LogP contribution in [-0.2, 0) is 9.53 Å². The number of hydrogen-bond acceptors (Lipinski definition) is 5. The second kappa shape index (κ2) is 7.27. The van der Waals surface area contributed by atoms with Crippen molar-refractivity contribution in [3.05, 3.63) is 70.9 Å². The van der Waals surface area contributed by atoms with Gasteiger partial charge in [0.1, 0.15) is 11.4 Å². The Morgan fingerprint density at radius 1 is 1.12 bits per heavy atom. The number of hydrogen-bond donors (Lipinski definition) is 2. The maximum absolute atomic E-state index is 12.3. The molecule has 0 saturated heterocycles. The molecule has 1 amide bonds. The van der Waals surface area contributed by atoms with Gasteiger partial charge in [-0.3, -0.25) is 4.79 Å². The van der Waals surface area contributed by atoms with Gasteiger partial charge >= 0.3 is 5.97 Å². The minimum Gasteiger partial charge on any atom is -0.495 e. The molecule has 1 heterocycles. The molecule has 1 aliphatic rings. The largest absolute Gasteiger partial charge is 0.495 e. The molecule has 0 spiro atoms. The number of anilines is 1. The highest BCUT2D eigenvalue weighted by Gasteiger charge is 2.35. The predicted octanol–water partition coefficient (Wildman–Crippen LogP) is 2.87. The van der Waals surface area contributed by atoms with Crippen LogP contribution in [0.25, 0.3) is 0 Å². The van der Waals surface area contributed by atoms with Gasteiger partial charge in [0.15, 0.2) is 5.03 Å². The summed E-state index contributed by atoms with van der Waals surface area (Å²) in [4.78, 5) is 24.1. The van der Waals surface area contributed by atoms with Crippen LogP contribution >= 0.6 is 11.6 Å². The van der Waals surface area contributed by atoms with Gasteiger partial charge in [-0.15, -0.1) is 0 Å². The number of nitrogens with one attached hydrogen (secondary N) is 2. The molecule has 0 fully saturated rings. The van der Waals surface area contributed by atoms with E-state index in [1.54, 1.807) is 48.5 Å². The minimum atomic E-state index is -1.02. The zero-order chi connectivity index (χ0) is 17.8. The second-order valence-electron chi connectivity index (χ2n) is 5.18. The summed E-state index contributed by atoms with van der Waals surface area (Å²) in [5.74, 6) is -0.534. The highest BCUT2D eigenvalue weighted by molar-refractivity contribution is 6.42. The monoisotopic (exact) mass is 358 g/mol. The number of para-hydroxylation sites is 2. The molecule has 0 saturated carbocycles. The Morgan fingerprint density at radius 2 is 1.80 bits per heavy atom. The summed E-state index contributed by atoms with van der Waals surface area (Å²) in [5.41, 5.74) is 1.29. The Hall–Kier alpha value is -2.99. The Balaban J connectivity index is 1.82. The molecule has 0 bridgehead atoms. The summed E-state index contributed by atoms with van der Waals surface area (Å²) in [6.45, 7) is 0. The maximum atomic E-state index is 12.3. The summed E-state index contributed by atoms with van der Waals surface area (Å²) in [6, 6.07) is 15.7. The van der Waals surface area contributed by atoms with Crippen molar-refractivity contribution < 1.29 is 19.1 Å². The highest BCUT2D eigenvalue weighted by atomic mass is 35.5. The fourth-order valence-electron chi connectivity index (χ4n) is 2.35. The van der Waals surface area contributed by atoms with Crippen molar-refractivity contribution in [2.75, 3.05) is 12.4 Å². The quantitative estimate of drug-likeness (QED) is 0.804. The van der Waals surface area contributed by atoms with Crippen LogP contribution in [0.1, 0.15) is 10.4 Å². The molecule has 2 N–H and O–H groups in total. The zero-order valence-electron chi connectivity index (χ0n) is 13.3. The first-order chi connectivity index (χ1) is 12.1. The van der Waals surface area contributed by atoms with Gasteiger partial charge in [-0.05, 0) is 24.3 Å². The van der Waals surface area contributed by atoms with E-state index < -0.39 is 12.2 Å². The van der Waals surface area contributed by atoms with Crippen LogP contribution in [0, 0.1) is 0 Å². The van der Waals surface area contributed by atoms with Crippen molar-refractivity contribution in [3.8, 4) is 5.75 Å². The van der Waals surface area contributed by atoms with E-state index in [-0.39, 0.29) is 16.6 Å². The molecule has 2 aromatic rings. The van der Waals surface area contributed by atoms with Gasteiger partial charge in [-0.2, -0.15) is 0 Å². The van der Waals surface area contributed by atoms with Crippen molar-refractivity contribution >= 4 is 29.2 Å². The SMILES string of the molecule is COc1ccccc1NC1=C(Cl)C(=O)O[C@H]1NC(=O)c1ccccc1. The number of rotatable bonds is 5. The summed E-state index contributed by atoms with van der Waals surface area (Å²) in [5, 5.41) is 5.52. The van der Waals surface area contributed by atoms with E-state index in [9.17, 15) is 9.59 Å². The number of cyclic esters (lactones) is 1. The summed E-state index contributed by atoms with van der Waals surface area (Å²) >= 11 is 6.05. The number of benzene rings is 2. The molecule has 0 radical (unpaired) electrons. The van der Waals surface area contributed by atoms with Crippen LogP contribution in [0.15, 0.2) is 65.3 Å². The van der Waals surface area contributed by atoms with Crippen molar-refractivity contribution in [1.29, 1.82) is 0 Å². The number of ether oxygens (including phenoxy) is 2. The topological polar surface area (TPSA) is 76.7 Å². The lowest BCUT2D eigenvalue weighted by Gasteiger charge is -2.18. The average Bonchev–Trinajstić information content (AvgIpc) is 2.90. The van der Waals surface area contributed by atoms with Crippen molar-refractivity contribution in [2.45, 2.75) is 6.23 Å². The molecule has 3 rings (SSSR count). The number of esters is 1. The molecular weight excluding hydrogens is 344 g/mol. The average molecular weight is 359 g/mol. The van der Waals surface area contributed by atoms with Gasteiger partial charge in [0.25, 0.3) is 5.91 Å². The molecule has 7 heteroatoms. The second-order valence-corrected chi connectivity index (χ2v) is 5.56. The number of carbonyl (C=O) groups is 2. The number of carbonyl (C=O) groups excluding carboxylic acids is 2. The fraction of sp³-hybridized carbons (Fsp3) is 0.111. The number of halogens is 1. The molecule has 2 aromatic carbocycles. The van der Waals surface area contributed by atoms with Gasteiger partial charge in [-0.25, -0.2) is 4.79 Å². The Labute approximate surface area is 149 Å². The van der Waals surface area contributed by atoms with Crippen molar-refractivity contribution in [1.82, 2.24) is 5.32 Å². The summed E-state index contributed by atoms with van der Waals surface area (Å²) < 4.78 is 10.4. The van der Waals surface area contributed by atoms with Gasteiger partial charge < -0.3 is 20.1 Å². The lowest BCUT2D eigenvalue weighted by Crippen LogP contribution is -2.38. The normalized spacial score (nSPS) is 16.4. The lowest BCUT2D eigenvalue weighted by molar-refractivity contribution is -0.139. The molecule has 25 heavy (non-hydrogen) atoms. The van der Waals surface area contributed by atoms with Crippen LogP contribution in [0.2, 0.25) is 0 Å². The van der Waals surface area contributed by atoms with Crippen molar-refractivity contribution in [3.63, 3.8) is 0 Å². The first-order valence-corrected chi connectivity index (χ1v) is 7.84. The van der Waals surface area contributed by atoms with Crippen LogP contribution in [-0.4, -0.2) is 25.2 Å². The summed E-state index contributed by atoms with van der Waals surface area (Å²) in [7, 11) is 1.53. The molecule has 0 unspecified atom stereocenters. The van der Waals surface area contributed by atoms with E-state index in [0.717, 1.165) is 0 Å². The Bertz CT molecular complexity index is 836. The van der Waals surface area contributed by atoms with Crippen LogP contribution < -0.4 is 15.4 Å². The highest BCUT2D eigenvalue weighted by Crippen LogP contribution is 2.30. The minimum absolute atomic E-state index is 0.121. The Kier molecular flexibility index (Phi) is 4.90. The standard InChI is InChI=1S/C18H15ClN2O4/c1-24-13-10-6-5-9-12(13)20-15-14(19)18(23)25-17(15)21-16(22)11-7-3-2-4-8-11/h2-10,17,20H,1H3,(H,21,22)/t17-/m1/s1. The fourth-order valence-corrected chi connectivity index (χ4v) is 2.54. The van der Waals surface area contributed by atoms with E-state index in [1.165, 1.54) is 7.11 Å². The van der Waals surface area contributed by atoms with E-state index in [2.05, 4.69) is 10.6 Å². The maximum Gasteiger partial charge on any atom is 0.354 e. The number of amides is 1. The van der Waals surface area contributed by atoms with E-state index >= 15 is 0 Å². The van der Waals surface area contributed by atoms with Crippen molar-refractivity contribution in [2.24, 2.45) is 0 Å².